The molecule has 0 unspecified atom stereocenters. The van der Waals surface area contributed by atoms with Crippen LogP contribution in [-0.2, 0) is 19.2 Å². The van der Waals surface area contributed by atoms with E-state index in [0.29, 0.717) is 135 Å². The number of hydrogen-bond acceptors (Lipinski definition) is 20. The Morgan fingerprint density at radius 3 is 0.667 bits per heavy atom. The normalized spacial score (nSPS) is 23.6. The van der Waals surface area contributed by atoms with Gasteiger partial charge in [-0.3, -0.25) is 19.2 Å². The van der Waals surface area contributed by atoms with Crippen LogP contribution in [0.15, 0.2) is 67.0 Å². The Bertz CT molecular complexity index is 3220. The second kappa shape index (κ2) is 15.4. The maximum absolute atomic E-state index is 13.3. The molecular weight excluding hydrogens is 945 g/mol. The number of furan rings is 4. The largest absolute Gasteiger partial charge is 0.492 e. The van der Waals surface area contributed by atoms with Gasteiger partial charge in [0.15, 0.2) is 45.3 Å². The molecule has 0 bridgehead atoms. The van der Waals surface area contributed by atoms with E-state index in [4.69, 9.17) is 74.5 Å². The summed E-state index contributed by atoms with van der Waals surface area (Å²) in [6.45, 7) is 0. The average molecular weight is 985 g/mol. The van der Waals surface area contributed by atoms with Crippen molar-refractivity contribution in [2.24, 2.45) is 23.7 Å². The molecule has 2 aliphatic carbocycles. The van der Waals surface area contributed by atoms with Crippen LogP contribution in [0.5, 0.6) is 69.0 Å². The van der Waals surface area contributed by atoms with Crippen molar-refractivity contribution >= 4 is 67.8 Å². The van der Waals surface area contributed by atoms with Gasteiger partial charge in [0.25, 0.3) is 0 Å². The molecule has 20 nitrogen and oxygen atoms in total. The molecule has 4 aromatic carbocycles. The van der Waals surface area contributed by atoms with E-state index in [2.05, 4.69) is 0 Å². The van der Waals surface area contributed by atoms with Crippen LogP contribution in [0.3, 0.4) is 0 Å². The van der Waals surface area contributed by atoms with Crippen LogP contribution in [-0.4, -0.2) is 80.8 Å². The molecule has 4 aromatic heterocycles. The van der Waals surface area contributed by atoms with Crippen LogP contribution in [0.1, 0.15) is 45.9 Å². The summed E-state index contributed by atoms with van der Waals surface area (Å²) < 4.78 is 91.6. The number of rotatable bonds is 8. The third-order valence-corrected chi connectivity index (χ3v) is 15.2. The lowest BCUT2D eigenvalue weighted by atomic mass is 9.50. The monoisotopic (exact) mass is 984 g/mol. The van der Waals surface area contributed by atoms with Crippen molar-refractivity contribution in [1.82, 2.24) is 0 Å². The van der Waals surface area contributed by atoms with Crippen LogP contribution in [0.25, 0.3) is 43.9 Å². The van der Waals surface area contributed by atoms with Crippen molar-refractivity contribution in [2.45, 2.75) is 23.7 Å². The van der Waals surface area contributed by atoms with Gasteiger partial charge in [0, 0.05) is 45.9 Å². The Labute approximate surface area is 405 Å². The molecule has 8 atom stereocenters. The van der Waals surface area contributed by atoms with Crippen molar-refractivity contribution in [3.8, 4) is 69.0 Å². The fourth-order valence-corrected chi connectivity index (χ4v) is 12.5. The number of hydrogen-bond donors (Lipinski definition) is 0. The Morgan fingerprint density at radius 1 is 0.292 bits per heavy atom. The lowest BCUT2D eigenvalue weighted by molar-refractivity contribution is -0.165. The van der Waals surface area contributed by atoms with E-state index in [0.717, 1.165) is 0 Å². The fraction of sp³-hybridized carbons (Fsp3) is 0.308. The zero-order chi connectivity index (χ0) is 49.8. The first kappa shape index (κ1) is 43.3. The predicted octanol–water partition coefficient (Wildman–Crippen LogP) is 8.33. The molecule has 0 spiro atoms. The van der Waals surface area contributed by atoms with E-state index in [-0.39, 0.29) is 0 Å². The first-order chi connectivity index (χ1) is 35.1. The standard InChI is InChI=1S/2C26H20O10/c2*1-29-21-15-11-12-14(13(11)25(27)35-17(15)9-5-7-33-19(9)23(21)31-3)26(28)36-18-10-6-8-34-20(10)24(32-4)22(30-2)16(12)18/h2*5-8,11-14H,1-4H3/t2*11-,12+,13-,14+. The van der Waals surface area contributed by atoms with Crippen molar-refractivity contribution in [3.05, 3.63) is 71.6 Å². The first-order valence-corrected chi connectivity index (χ1v) is 22.6. The lowest BCUT2D eigenvalue weighted by Crippen LogP contribution is -2.57. The zero-order valence-corrected chi connectivity index (χ0v) is 39.4. The molecule has 8 aromatic rings. The maximum Gasteiger partial charge on any atom is 0.315 e. The van der Waals surface area contributed by atoms with Crippen LogP contribution >= 0.6 is 0 Å². The third kappa shape index (κ3) is 5.19. The molecule has 2 saturated carbocycles. The van der Waals surface area contributed by atoms with Gasteiger partial charge in [-0.2, -0.15) is 0 Å². The van der Waals surface area contributed by atoms with Gasteiger partial charge in [-0.1, -0.05) is 0 Å². The minimum absolute atomic E-state index is 0.330. The molecule has 368 valence electrons. The number of benzene rings is 4. The van der Waals surface area contributed by atoms with Crippen LogP contribution < -0.4 is 56.8 Å². The predicted molar refractivity (Wildman–Crippen MR) is 245 cm³/mol. The first-order valence-electron chi connectivity index (χ1n) is 22.6. The van der Waals surface area contributed by atoms with Gasteiger partial charge >= 0.3 is 23.9 Å². The highest BCUT2D eigenvalue weighted by molar-refractivity contribution is 6.05. The van der Waals surface area contributed by atoms with Gasteiger partial charge in [0.2, 0.25) is 23.0 Å². The van der Waals surface area contributed by atoms with Crippen molar-refractivity contribution in [1.29, 1.82) is 0 Å². The summed E-state index contributed by atoms with van der Waals surface area (Å²) in [6.07, 6.45) is 5.97. The Morgan fingerprint density at radius 2 is 0.486 bits per heavy atom. The fourth-order valence-electron chi connectivity index (χ4n) is 12.5. The van der Waals surface area contributed by atoms with Crippen molar-refractivity contribution in [2.75, 3.05) is 56.9 Å². The number of carbonyl (C=O) groups excluding carboxylic acids is 4. The smallest absolute Gasteiger partial charge is 0.315 e. The molecule has 8 heterocycles. The molecule has 0 N–H and O–H groups in total. The van der Waals surface area contributed by atoms with Crippen molar-refractivity contribution < 1.29 is 93.7 Å². The maximum atomic E-state index is 13.3. The van der Waals surface area contributed by atoms with E-state index < -0.39 is 71.2 Å². The third-order valence-electron chi connectivity index (χ3n) is 15.2. The van der Waals surface area contributed by atoms with Gasteiger partial charge in [-0.25, -0.2) is 0 Å². The molecule has 72 heavy (non-hydrogen) atoms. The lowest BCUT2D eigenvalue weighted by Gasteiger charge is -2.54. The molecule has 20 heteroatoms. The van der Waals surface area contributed by atoms with Crippen molar-refractivity contribution in [3.63, 3.8) is 0 Å². The number of carbonyl (C=O) groups is 4. The van der Waals surface area contributed by atoms with E-state index in [9.17, 15) is 19.2 Å². The van der Waals surface area contributed by atoms with E-state index in [1.54, 1.807) is 24.3 Å². The molecule has 14 rings (SSSR count). The number of ether oxygens (including phenoxy) is 12. The van der Waals surface area contributed by atoms with E-state index in [1.165, 1.54) is 81.9 Å². The molecule has 6 aliphatic rings. The SMILES string of the molecule is COc1c2c(c3ccoc3c1OC)OC(=O)[C@@H]1[C@@H]3C(=O)Oc4c(c(OC)c(OC)c5occc45)[C@@H]3[C@H]21.COc1c2c(c3ccoc3c1OC)OC(=O)[C@@H]1[C@@H]3C(=O)Oc4c(c(OC)c(OC)c5occc45)[C@@H]3[C@H]21. The van der Waals surface area contributed by atoms with E-state index in [1.807, 2.05) is 0 Å². The van der Waals surface area contributed by atoms with Gasteiger partial charge in [-0.05, 0) is 24.3 Å². The summed E-state index contributed by atoms with van der Waals surface area (Å²) >= 11 is 0. The summed E-state index contributed by atoms with van der Waals surface area (Å²) in [4.78, 5) is 53.2. The van der Waals surface area contributed by atoms with Gasteiger partial charge in [0.05, 0.1) is 127 Å². The van der Waals surface area contributed by atoms with Gasteiger partial charge < -0.3 is 74.5 Å². The highest BCUT2D eigenvalue weighted by Crippen LogP contribution is 2.72. The van der Waals surface area contributed by atoms with E-state index >= 15 is 0 Å². The molecule has 4 aliphatic heterocycles. The Balaban J connectivity index is 0.000000140. The summed E-state index contributed by atoms with van der Waals surface area (Å²) in [7, 11) is 12.1. The number of esters is 4. The second-order valence-corrected chi connectivity index (χ2v) is 17.8. The van der Waals surface area contributed by atoms with Gasteiger partial charge in [0.1, 0.15) is 23.0 Å². The molecule has 2 fully saturated rings. The summed E-state index contributed by atoms with van der Waals surface area (Å²) in [5, 5.41) is 2.30. The molecule has 0 radical (unpaired) electrons. The minimum atomic E-state index is -0.776. The highest BCUT2D eigenvalue weighted by atomic mass is 16.6. The van der Waals surface area contributed by atoms with Crippen LogP contribution in [0.4, 0.5) is 0 Å². The summed E-state index contributed by atoms with van der Waals surface area (Å²) in [6, 6.07) is 6.84. The average Bonchev–Trinajstić information content (AvgIpc) is 4.22. The zero-order valence-electron chi connectivity index (χ0n) is 39.4. The molecular formula is C52H40O20. The Kier molecular flexibility index (Phi) is 9.28. The van der Waals surface area contributed by atoms with Crippen LogP contribution in [0, 0.1) is 23.7 Å². The summed E-state index contributed by atoms with van der Waals surface area (Å²) in [5.41, 5.74) is 4.12. The summed E-state index contributed by atoms with van der Waals surface area (Å²) in [5.74, 6) is -2.73. The van der Waals surface area contributed by atoms with Crippen LogP contribution in [0.2, 0.25) is 0 Å². The van der Waals surface area contributed by atoms with Gasteiger partial charge in [-0.15, -0.1) is 0 Å². The molecule has 0 saturated heterocycles. The second-order valence-electron chi connectivity index (χ2n) is 17.8. The number of methoxy groups -OCH3 is 8. The number of fused-ring (bicyclic) bond motifs is 24. The highest BCUT2D eigenvalue weighted by Gasteiger charge is 2.68. The Hall–Kier alpha value is -8.68. The minimum Gasteiger partial charge on any atom is -0.492 e. The quantitative estimate of drug-likeness (QED) is 0.103. The topological polar surface area (TPSA) is 232 Å². The molecule has 0 amide bonds.